The molecule has 38 nitrogen and oxygen atoms in total. The van der Waals surface area contributed by atoms with Crippen molar-refractivity contribution in [1.29, 1.82) is 0 Å². The number of nitrogens with zero attached hydrogens (tertiary/aromatic N) is 26. The number of hydrogen-bond acceptors (Lipinski definition) is 30. The monoisotopic (exact) mass is 1920 g/mol. The van der Waals surface area contributed by atoms with Crippen molar-refractivity contribution >= 4 is 119 Å². The minimum atomic E-state index is -0.487. The molecule has 4 aliphatic heterocycles. The van der Waals surface area contributed by atoms with E-state index in [2.05, 4.69) is 143 Å². The van der Waals surface area contributed by atoms with Gasteiger partial charge in [-0.2, -0.15) is 20.4 Å². The number of carbonyl (C=O) groups excluding carboxylic acids is 1. The van der Waals surface area contributed by atoms with E-state index >= 15 is 0 Å². The van der Waals surface area contributed by atoms with E-state index in [0.717, 1.165) is 283 Å². The molecular formula is C106H107N35O3. The smallest absolute Gasteiger partial charge is 0.241 e. The number of anilines is 12. The summed E-state index contributed by atoms with van der Waals surface area (Å²) in [7, 11) is 0. The molecule has 4 aliphatic carbocycles. The SMILES string of the molecule is Cc1c(-c2cc3cc(Nc4cc5n(n4)CC(=O)NCC5)ncc3c(N)n2)cnc2c1CCCC2.Cc1c(-c2cc3cc(Nc4cc5n(n4)Cc4nccn4CC5)ncc3c(N)n2)cnc2c1CCCC2.Cc1c(-c2cc3cc(Nc4cc5n(n4)Cc4nccn4CC5)ncc3c(N)n2)cnc2c1[C@@H](O)CCC2.Cc1c(-c2cc3cc(Nc4cc5n(n4)Cc4nccn4CC5)ncc3c(N)n2)cnc2c1[C@H](O)CCC2. The van der Waals surface area contributed by atoms with Gasteiger partial charge in [-0.05, 0) is 221 Å². The Bertz CT molecular complexity index is 8070. The van der Waals surface area contributed by atoms with Crippen molar-refractivity contribution in [1.82, 2.24) is 133 Å². The van der Waals surface area contributed by atoms with Crippen LogP contribution in [0.1, 0.15) is 171 Å². The number of aryl methyl sites for hydroxylation is 10. The van der Waals surface area contributed by atoms with Crippen LogP contribution in [0.4, 0.5) is 69.8 Å². The number of imidazole rings is 3. The zero-order chi connectivity index (χ0) is 97.6. The van der Waals surface area contributed by atoms with E-state index in [1.807, 2.05) is 138 Å². The highest BCUT2D eigenvalue weighted by atomic mass is 16.3. The van der Waals surface area contributed by atoms with Crippen molar-refractivity contribution < 1.29 is 15.0 Å². The van der Waals surface area contributed by atoms with Gasteiger partial charge in [-0.3, -0.25) is 43.5 Å². The number of aliphatic hydroxyl groups excluding tert-OH is 2. The average Bonchev–Trinajstić information content (AvgIpc) is 1.03. The van der Waals surface area contributed by atoms with E-state index in [9.17, 15) is 15.0 Å². The van der Waals surface area contributed by atoms with E-state index in [4.69, 9.17) is 53.2 Å². The largest absolute Gasteiger partial charge is 0.388 e. The lowest BCUT2D eigenvalue weighted by Crippen LogP contribution is -2.25. The van der Waals surface area contributed by atoms with Crippen molar-refractivity contribution in [2.24, 2.45) is 0 Å². The summed E-state index contributed by atoms with van der Waals surface area (Å²) in [5, 5.41) is 63.2. The quantitative estimate of drug-likeness (QED) is 0.0541. The fourth-order valence-corrected chi connectivity index (χ4v) is 21.7. The molecule has 0 radical (unpaired) electrons. The van der Waals surface area contributed by atoms with Gasteiger partial charge in [-0.25, -0.2) is 54.8 Å². The van der Waals surface area contributed by atoms with Gasteiger partial charge in [0.15, 0.2) is 23.3 Å². The van der Waals surface area contributed by atoms with Crippen LogP contribution in [0.25, 0.3) is 88.1 Å². The van der Waals surface area contributed by atoms with E-state index in [0.29, 0.717) is 78.5 Å². The van der Waals surface area contributed by atoms with Crippen LogP contribution in [0.3, 0.4) is 0 Å². The lowest BCUT2D eigenvalue weighted by molar-refractivity contribution is -0.121. The number of hydrogen-bond donors (Lipinski definition) is 11. The van der Waals surface area contributed by atoms with E-state index in [1.54, 1.807) is 29.5 Å². The van der Waals surface area contributed by atoms with Gasteiger partial charge in [-0.1, -0.05) is 0 Å². The van der Waals surface area contributed by atoms with E-state index < -0.39 is 12.2 Å². The lowest BCUT2D eigenvalue weighted by atomic mass is 9.88. The number of amides is 1. The predicted octanol–water partition coefficient (Wildman–Crippen LogP) is 14.7. The standard InChI is InChI=1S/2C27H27N9O.C27H27N9.C25H26N8O/c2*1-15-18(12-30-20-3-2-4-22(37)26(15)20)21-9-16-10-23(31-13-19(16)27(28)32-21)33-24-11-17-5-7-35-8-6-29-25(35)14-36(17)34-24;1-16-19-4-2-3-5-22(19)30-13-20(16)23-10-17-11-24(31-14-21(17)27(28)32-23)33-25-12-18-6-8-35-9-7-29-26(35)15-36(18)34-25;1-14-17-4-2-3-5-20(17)28-11-18(14)21-8-15-9-22(29-12-19(15)25(26)30-21)31-23-10-16-6-7-27-24(34)13-33(16)32-23/h2*6,8-13,22,37H,2-5,7,14H2,1H3,(H2,28,32)(H,31,33,34);7,9-14H,2-6,8,15H2,1H3,(H2,28,32)(H,31,33,34);8-12H,2-7,13H2,1H3,(H2,26,30)(H,27,34)(H,29,31,32)/t2*22-;;/m10../s1. The first kappa shape index (κ1) is 89.7. The van der Waals surface area contributed by atoms with Gasteiger partial charge in [0.05, 0.1) is 54.6 Å². The number of fused-ring (bicyclic) bond motifs is 15. The summed E-state index contributed by atoms with van der Waals surface area (Å²) in [5.41, 5.74) is 50.4. The van der Waals surface area contributed by atoms with Crippen LogP contribution in [0.15, 0.2) is 160 Å². The van der Waals surface area contributed by atoms with Crippen molar-refractivity contribution in [2.45, 2.75) is 201 Å². The summed E-state index contributed by atoms with van der Waals surface area (Å²) < 4.78 is 14.3. The highest BCUT2D eigenvalue weighted by molar-refractivity contribution is 5.99. The minimum absolute atomic E-state index is 0.0281. The predicted molar refractivity (Wildman–Crippen MR) is 551 cm³/mol. The highest BCUT2D eigenvalue weighted by Gasteiger charge is 2.30. The van der Waals surface area contributed by atoms with E-state index in [1.165, 1.54) is 65.0 Å². The van der Waals surface area contributed by atoms with Crippen molar-refractivity contribution in [3.8, 4) is 45.0 Å². The van der Waals surface area contributed by atoms with Gasteiger partial charge in [0.2, 0.25) is 5.91 Å². The first-order valence-corrected chi connectivity index (χ1v) is 49.4. The maximum atomic E-state index is 11.8. The summed E-state index contributed by atoms with van der Waals surface area (Å²) in [5.74, 6) is 10.4. The maximum absolute atomic E-state index is 11.8. The molecule has 0 unspecified atom stereocenters. The molecule has 0 aromatic carbocycles. The van der Waals surface area contributed by atoms with Crippen LogP contribution in [-0.4, -0.2) is 150 Å². The Labute approximate surface area is 826 Å². The number of aromatic nitrogens is 26. The Morgan fingerprint density at radius 2 is 0.632 bits per heavy atom. The number of carbonyl (C=O) groups is 1. The van der Waals surface area contributed by atoms with Crippen molar-refractivity contribution in [2.75, 3.05) is 50.7 Å². The molecule has 8 aliphatic rings. The maximum Gasteiger partial charge on any atom is 0.241 e. The molecule has 1 amide bonds. The first-order valence-electron chi connectivity index (χ1n) is 49.4. The first-order chi connectivity index (χ1) is 70.2. The summed E-state index contributed by atoms with van der Waals surface area (Å²) in [4.78, 5) is 80.9. The third kappa shape index (κ3) is 17.5. The van der Waals surface area contributed by atoms with Gasteiger partial charge < -0.3 is 73.4 Å². The number of pyridine rings is 12. The van der Waals surface area contributed by atoms with Gasteiger partial charge in [0.1, 0.15) is 70.6 Å². The summed E-state index contributed by atoms with van der Waals surface area (Å²) in [6.45, 7) is 13.9. The molecule has 15 N–H and O–H groups in total. The Balaban J connectivity index is 0.000000103. The Kier molecular flexibility index (Phi) is 23.2. The van der Waals surface area contributed by atoms with Crippen LogP contribution in [0, 0.1) is 27.7 Å². The van der Waals surface area contributed by atoms with Gasteiger partial charge in [-0.15, -0.1) is 0 Å². The van der Waals surface area contributed by atoms with Gasteiger partial charge >= 0.3 is 0 Å². The molecule has 144 heavy (non-hydrogen) atoms. The highest BCUT2D eigenvalue weighted by Crippen LogP contribution is 2.43. The molecule has 23 heterocycles. The second-order valence-corrected chi connectivity index (χ2v) is 38.4. The fourth-order valence-electron chi connectivity index (χ4n) is 21.7. The third-order valence-electron chi connectivity index (χ3n) is 29.3. The number of nitrogens with two attached hydrogens (primary N) is 4. The Morgan fingerprint density at radius 1 is 0.326 bits per heavy atom. The number of rotatable bonds is 12. The molecule has 2 atom stereocenters. The second kappa shape index (κ2) is 37.3. The Morgan fingerprint density at radius 3 is 0.979 bits per heavy atom. The molecule has 724 valence electrons. The molecule has 0 saturated heterocycles. The summed E-state index contributed by atoms with van der Waals surface area (Å²) in [6, 6.07) is 24.2. The zero-order valence-electron chi connectivity index (χ0n) is 80.3. The average molecular weight is 1920 g/mol. The molecule has 19 aromatic rings. The molecular weight excluding hydrogens is 1810 g/mol. The topological polar surface area (TPSA) is 501 Å². The molecule has 0 saturated carbocycles. The zero-order valence-corrected chi connectivity index (χ0v) is 80.3. The molecule has 0 bridgehead atoms. The van der Waals surface area contributed by atoms with Gasteiger partial charge in [0, 0.05) is 263 Å². The molecule has 27 rings (SSSR count). The van der Waals surface area contributed by atoms with Crippen LogP contribution >= 0.6 is 0 Å². The summed E-state index contributed by atoms with van der Waals surface area (Å²) in [6.07, 6.45) is 42.9. The molecule has 38 heteroatoms. The molecule has 19 aromatic heterocycles. The number of aliphatic hydroxyl groups is 2. The third-order valence-corrected chi connectivity index (χ3v) is 29.3. The molecule has 0 fully saturated rings. The lowest BCUT2D eigenvalue weighted by Gasteiger charge is -2.24. The summed E-state index contributed by atoms with van der Waals surface area (Å²) >= 11 is 0. The van der Waals surface area contributed by atoms with Gasteiger partial charge in [0.25, 0.3) is 0 Å². The minimum Gasteiger partial charge on any atom is -0.388 e. The van der Waals surface area contributed by atoms with Crippen LogP contribution < -0.4 is 49.5 Å². The molecule has 0 spiro atoms. The van der Waals surface area contributed by atoms with Crippen molar-refractivity contribution in [3.63, 3.8) is 0 Å². The van der Waals surface area contributed by atoms with Crippen LogP contribution in [0.2, 0.25) is 0 Å². The fraction of sp³-hybridized carbons (Fsp3) is 0.302. The van der Waals surface area contributed by atoms with E-state index in [-0.39, 0.29) is 12.5 Å². The van der Waals surface area contributed by atoms with Crippen molar-refractivity contribution in [3.05, 3.63) is 267 Å². The number of nitrogens with one attached hydrogen (secondary N) is 5. The Hall–Kier alpha value is -16.9. The number of nitrogen functional groups attached to an aromatic ring is 4. The normalized spacial score (nSPS) is 15.9. The van der Waals surface area contributed by atoms with Crippen LogP contribution in [0.5, 0.6) is 0 Å². The van der Waals surface area contributed by atoms with Crippen LogP contribution in [-0.2, 0) is 115 Å². The second-order valence-electron chi connectivity index (χ2n) is 38.4.